The quantitative estimate of drug-likeness (QED) is 0.512. The van der Waals surface area contributed by atoms with E-state index < -0.39 is 0 Å². The Morgan fingerprint density at radius 3 is 2.55 bits per heavy atom. The molecule has 0 heterocycles. The number of nitrogens with two attached hydrogens (primary N) is 2. The maximum Gasteiger partial charge on any atom is 0.253 e. The van der Waals surface area contributed by atoms with Crippen molar-refractivity contribution in [3.63, 3.8) is 0 Å². The Bertz CT molecular complexity index is 486. The Kier molecular flexibility index (Phi) is 5.83. The molecule has 1 rings (SSSR count). The van der Waals surface area contributed by atoms with Crippen LogP contribution in [0.1, 0.15) is 29.6 Å². The molecule has 6 nitrogen and oxygen atoms in total. The van der Waals surface area contributed by atoms with Crippen molar-refractivity contribution in [2.24, 2.45) is 5.73 Å². The minimum absolute atomic E-state index is 0.0678. The predicted octanol–water partition coefficient (Wildman–Crippen LogP) is 1.04. The molecule has 110 valence electrons. The lowest BCUT2D eigenvalue weighted by Crippen LogP contribution is -2.21. The summed E-state index contributed by atoms with van der Waals surface area (Å²) in [5.41, 5.74) is 12.8. The van der Waals surface area contributed by atoms with Gasteiger partial charge in [0.15, 0.2) is 0 Å². The average Bonchev–Trinajstić information content (AvgIpc) is 2.39. The zero-order chi connectivity index (χ0) is 15.1. The maximum absolute atomic E-state index is 11.9. The molecule has 0 aromatic heterocycles. The molecule has 5 N–H and O–H groups in total. The van der Waals surface area contributed by atoms with Crippen molar-refractivity contribution >= 4 is 23.2 Å². The number of benzene rings is 1. The number of carbonyl (C=O) groups is 2. The molecule has 0 spiro atoms. The molecule has 0 aliphatic rings. The summed E-state index contributed by atoms with van der Waals surface area (Å²) in [6, 6.07) is 5.16. The number of hydrogen-bond donors (Lipinski definition) is 3. The van der Waals surface area contributed by atoms with Crippen molar-refractivity contribution in [2.45, 2.75) is 19.3 Å². The molecule has 0 radical (unpaired) electrons. The number of nitrogens with one attached hydrogen (secondary N) is 1. The van der Waals surface area contributed by atoms with Crippen LogP contribution in [0, 0.1) is 0 Å². The van der Waals surface area contributed by atoms with Crippen LogP contribution in [0.15, 0.2) is 18.2 Å². The van der Waals surface area contributed by atoms with Crippen LogP contribution in [0.5, 0.6) is 0 Å². The molecule has 0 aliphatic carbocycles. The molecule has 1 aromatic carbocycles. The van der Waals surface area contributed by atoms with E-state index in [0.29, 0.717) is 24.2 Å². The zero-order valence-electron chi connectivity index (χ0n) is 12.0. The topological polar surface area (TPSA) is 101 Å². The second-order valence-electron chi connectivity index (χ2n) is 4.85. The van der Waals surface area contributed by atoms with E-state index in [4.69, 9.17) is 11.5 Å². The highest BCUT2D eigenvalue weighted by molar-refractivity contribution is 5.95. The third-order valence-electron chi connectivity index (χ3n) is 2.87. The summed E-state index contributed by atoms with van der Waals surface area (Å²) in [7, 11) is 3.41. The number of nitrogen functional groups attached to an aromatic ring is 1. The summed E-state index contributed by atoms with van der Waals surface area (Å²) in [6.45, 7) is 0.678. The molecule has 0 bridgehead atoms. The lowest BCUT2D eigenvalue weighted by Gasteiger charge is -2.14. The molecule has 0 aliphatic heterocycles. The fourth-order valence-electron chi connectivity index (χ4n) is 1.75. The van der Waals surface area contributed by atoms with Crippen LogP contribution in [0.25, 0.3) is 0 Å². The van der Waals surface area contributed by atoms with E-state index in [0.717, 1.165) is 18.5 Å². The van der Waals surface area contributed by atoms with E-state index in [2.05, 4.69) is 5.32 Å². The van der Waals surface area contributed by atoms with Gasteiger partial charge in [0.1, 0.15) is 0 Å². The predicted molar refractivity (Wildman–Crippen MR) is 80.4 cm³/mol. The minimum atomic E-state index is -0.289. The summed E-state index contributed by atoms with van der Waals surface area (Å²) in [5.74, 6) is -0.357. The standard InChI is InChI=1S/C14H22N4O2/c1-18(2)14(20)10-6-7-11(15)12(9-10)17-8-4-3-5-13(16)19/h6-7,9,17H,3-5,8,15H2,1-2H3,(H2,16,19). The summed E-state index contributed by atoms with van der Waals surface area (Å²) >= 11 is 0. The van der Waals surface area contributed by atoms with E-state index in [1.165, 1.54) is 4.90 Å². The number of anilines is 2. The fourth-order valence-corrected chi connectivity index (χ4v) is 1.75. The van der Waals surface area contributed by atoms with Gasteiger partial charge in [0.05, 0.1) is 11.4 Å². The maximum atomic E-state index is 11.9. The third-order valence-corrected chi connectivity index (χ3v) is 2.87. The van der Waals surface area contributed by atoms with Crippen molar-refractivity contribution in [1.82, 2.24) is 4.90 Å². The first-order valence-electron chi connectivity index (χ1n) is 6.55. The molecular formula is C14H22N4O2. The van der Waals surface area contributed by atoms with Crippen molar-refractivity contribution in [3.8, 4) is 0 Å². The van der Waals surface area contributed by atoms with Crippen LogP contribution in [0.4, 0.5) is 11.4 Å². The minimum Gasteiger partial charge on any atom is -0.397 e. The molecule has 2 amide bonds. The number of rotatable bonds is 7. The van der Waals surface area contributed by atoms with Gasteiger partial charge in [0.25, 0.3) is 5.91 Å². The summed E-state index contributed by atoms with van der Waals surface area (Å²) in [4.78, 5) is 24.0. The first-order chi connectivity index (χ1) is 9.41. The van der Waals surface area contributed by atoms with Gasteiger partial charge < -0.3 is 21.7 Å². The molecule has 6 heteroatoms. The van der Waals surface area contributed by atoms with Crippen molar-refractivity contribution in [1.29, 1.82) is 0 Å². The monoisotopic (exact) mass is 278 g/mol. The molecule has 0 atom stereocenters. The Morgan fingerprint density at radius 1 is 1.25 bits per heavy atom. The van der Waals surface area contributed by atoms with Crippen LogP contribution < -0.4 is 16.8 Å². The highest BCUT2D eigenvalue weighted by atomic mass is 16.2. The normalized spacial score (nSPS) is 10.1. The third kappa shape index (κ3) is 4.79. The van der Waals surface area contributed by atoms with Crippen molar-refractivity contribution in [2.75, 3.05) is 31.7 Å². The summed E-state index contributed by atoms with van der Waals surface area (Å²) in [6.07, 6.45) is 1.93. The van der Waals surface area contributed by atoms with Gasteiger partial charge in [0.2, 0.25) is 5.91 Å². The van der Waals surface area contributed by atoms with Crippen molar-refractivity contribution < 1.29 is 9.59 Å². The van der Waals surface area contributed by atoms with E-state index in [1.807, 2.05) is 0 Å². The first-order valence-corrected chi connectivity index (χ1v) is 6.55. The van der Waals surface area contributed by atoms with Gasteiger partial charge in [0, 0.05) is 32.6 Å². The Balaban J connectivity index is 2.58. The molecule has 0 saturated carbocycles. The van der Waals surface area contributed by atoms with E-state index in [9.17, 15) is 9.59 Å². The second-order valence-corrected chi connectivity index (χ2v) is 4.85. The summed E-state index contributed by atoms with van der Waals surface area (Å²) in [5, 5.41) is 3.17. The highest BCUT2D eigenvalue weighted by Gasteiger charge is 2.10. The van der Waals surface area contributed by atoms with E-state index >= 15 is 0 Å². The number of carbonyl (C=O) groups excluding carboxylic acids is 2. The van der Waals surface area contributed by atoms with Crippen LogP contribution in [0.2, 0.25) is 0 Å². The molecule has 0 unspecified atom stereocenters. The number of amides is 2. The number of nitrogens with zero attached hydrogens (tertiary/aromatic N) is 1. The smallest absolute Gasteiger partial charge is 0.253 e. The van der Waals surface area contributed by atoms with Crippen LogP contribution >= 0.6 is 0 Å². The number of hydrogen-bond acceptors (Lipinski definition) is 4. The fraction of sp³-hybridized carbons (Fsp3) is 0.429. The molecule has 1 aromatic rings. The van der Waals surface area contributed by atoms with E-state index in [-0.39, 0.29) is 11.8 Å². The van der Waals surface area contributed by atoms with Gasteiger partial charge >= 0.3 is 0 Å². The Morgan fingerprint density at radius 2 is 1.95 bits per heavy atom. The van der Waals surface area contributed by atoms with Crippen LogP contribution in [-0.4, -0.2) is 37.4 Å². The zero-order valence-corrected chi connectivity index (χ0v) is 12.0. The SMILES string of the molecule is CN(C)C(=O)c1ccc(N)c(NCCCCC(N)=O)c1. The second kappa shape index (κ2) is 7.37. The molecule has 0 saturated heterocycles. The van der Waals surface area contributed by atoms with Crippen LogP contribution in [-0.2, 0) is 4.79 Å². The molecule has 20 heavy (non-hydrogen) atoms. The summed E-state index contributed by atoms with van der Waals surface area (Å²) < 4.78 is 0. The lowest BCUT2D eigenvalue weighted by molar-refractivity contribution is -0.118. The Labute approximate surface area is 119 Å². The van der Waals surface area contributed by atoms with Crippen LogP contribution in [0.3, 0.4) is 0 Å². The molecule has 0 fully saturated rings. The largest absolute Gasteiger partial charge is 0.397 e. The van der Waals surface area contributed by atoms with Crippen molar-refractivity contribution in [3.05, 3.63) is 23.8 Å². The number of unbranched alkanes of at least 4 members (excludes halogenated alkanes) is 1. The average molecular weight is 278 g/mol. The van der Waals surface area contributed by atoms with Gasteiger partial charge in [-0.3, -0.25) is 9.59 Å². The molecular weight excluding hydrogens is 256 g/mol. The highest BCUT2D eigenvalue weighted by Crippen LogP contribution is 2.20. The van der Waals surface area contributed by atoms with E-state index in [1.54, 1.807) is 32.3 Å². The lowest BCUT2D eigenvalue weighted by atomic mass is 10.1. The Hall–Kier alpha value is -2.24. The number of primary amides is 1. The van der Waals surface area contributed by atoms with Gasteiger partial charge in [-0.1, -0.05) is 0 Å². The van der Waals surface area contributed by atoms with Gasteiger partial charge in [-0.05, 0) is 31.0 Å². The van der Waals surface area contributed by atoms with Gasteiger partial charge in [-0.2, -0.15) is 0 Å². The first kappa shape index (κ1) is 15.8. The van der Waals surface area contributed by atoms with Gasteiger partial charge in [-0.15, -0.1) is 0 Å². The van der Waals surface area contributed by atoms with Gasteiger partial charge in [-0.25, -0.2) is 0 Å².